The molecule has 0 amide bonds. The number of rotatable bonds is 2. The summed E-state index contributed by atoms with van der Waals surface area (Å²) in [6.07, 6.45) is 1.60. The summed E-state index contributed by atoms with van der Waals surface area (Å²) >= 11 is 11.7. The molecule has 15 heavy (non-hydrogen) atoms. The molecule has 5 heteroatoms. The zero-order valence-corrected chi connectivity index (χ0v) is 9.22. The van der Waals surface area contributed by atoms with E-state index in [0.29, 0.717) is 22.4 Å². The van der Waals surface area contributed by atoms with Crippen molar-refractivity contribution in [2.75, 3.05) is 0 Å². The van der Waals surface area contributed by atoms with Gasteiger partial charge in [0.2, 0.25) is 0 Å². The second-order valence-electron chi connectivity index (χ2n) is 3.01. The quantitative estimate of drug-likeness (QED) is 0.881. The van der Waals surface area contributed by atoms with E-state index < -0.39 is 0 Å². The first kappa shape index (κ1) is 10.5. The van der Waals surface area contributed by atoms with Crippen LogP contribution in [0.25, 0.3) is 11.3 Å². The smallest absolute Gasteiger partial charge is 0.171 e. The molecule has 3 nitrogen and oxygen atoms in total. The van der Waals surface area contributed by atoms with Crippen LogP contribution in [0.4, 0.5) is 0 Å². The Bertz CT molecular complexity index is 482. The Morgan fingerprint density at radius 3 is 2.73 bits per heavy atom. The molecule has 2 rings (SSSR count). The average molecular weight is 243 g/mol. The van der Waals surface area contributed by atoms with Crippen molar-refractivity contribution < 1.29 is 4.52 Å². The third-order valence-corrected chi connectivity index (χ3v) is 2.78. The van der Waals surface area contributed by atoms with Gasteiger partial charge in [-0.15, -0.1) is 0 Å². The molecule has 0 aliphatic carbocycles. The van der Waals surface area contributed by atoms with Crippen LogP contribution < -0.4 is 5.73 Å². The Morgan fingerprint density at radius 1 is 1.27 bits per heavy atom. The molecule has 2 aromatic rings. The Morgan fingerprint density at radius 2 is 2.07 bits per heavy atom. The van der Waals surface area contributed by atoms with Crippen LogP contribution in [0.1, 0.15) is 5.56 Å². The van der Waals surface area contributed by atoms with E-state index in [0.717, 1.165) is 11.1 Å². The molecule has 2 N–H and O–H groups in total. The molecule has 0 fully saturated rings. The summed E-state index contributed by atoms with van der Waals surface area (Å²) in [4.78, 5) is 0. The molecule has 78 valence electrons. The summed E-state index contributed by atoms with van der Waals surface area (Å²) in [5.41, 5.74) is 7.20. The van der Waals surface area contributed by atoms with E-state index in [-0.39, 0.29) is 0 Å². The molecule has 0 atom stereocenters. The SMILES string of the molecule is NCc1cnoc1-c1ccc(Cl)c(Cl)c1. The largest absolute Gasteiger partial charge is 0.356 e. The minimum atomic E-state index is 0.374. The van der Waals surface area contributed by atoms with Crippen molar-refractivity contribution >= 4 is 23.2 Å². The topological polar surface area (TPSA) is 52.0 Å². The van der Waals surface area contributed by atoms with Crippen LogP contribution in [0.2, 0.25) is 10.0 Å². The molecule has 0 saturated heterocycles. The molecule has 0 aliphatic heterocycles. The van der Waals surface area contributed by atoms with Gasteiger partial charge in [-0.25, -0.2) is 0 Å². The molecule has 1 aromatic carbocycles. The Kier molecular flexibility index (Phi) is 2.95. The van der Waals surface area contributed by atoms with E-state index in [1.54, 1.807) is 18.3 Å². The summed E-state index contributed by atoms with van der Waals surface area (Å²) in [6.45, 7) is 0.374. The lowest BCUT2D eigenvalue weighted by Crippen LogP contribution is -1.95. The van der Waals surface area contributed by atoms with Crippen LogP contribution in [0.3, 0.4) is 0 Å². The minimum absolute atomic E-state index is 0.374. The van der Waals surface area contributed by atoms with Crippen molar-refractivity contribution in [1.29, 1.82) is 0 Å². The second-order valence-corrected chi connectivity index (χ2v) is 3.83. The van der Waals surface area contributed by atoms with Gasteiger partial charge >= 0.3 is 0 Å². The summed E-state index contributed by atoms with van der Waals surface area (Å²) in [7, 11) is 0. The van der Waals surface area contributed by atoms with Gasteiger partial charge in [0, 0.05) is 17.7 Å². The van der Waals surface area contributed by atoms with E-state index in [1.807, 2.05) is 6.07 Å². The molecule has 0 spiro atoms. The number of benzene rings is 1. The monoisotopic (exact) mass is 242 g/mol. The second kappa shape index (κ2) is 4.23. The normalized spacial score (nSPS) is 10.6. The highest BCUT2D eigenvalue weighted by molar-refractivity contribution is 6.42. The molecular weight excluding hydrogens is 235 g/mol. The number of aromatic nitrogens is 1. The summed E-state index contributed by atoms with van der Waals surface area (Å²) in [5, 5.41) is 4.68. The van der Waals surface area contributed by atoms with Crippen LogP contribution >= 0.6 is 23.2 Å². The van der Waals surface area contributed by atoms with Gasteiger partial charge < -0.3 is 10.3 Å². The van der Waals surface area contributed by atoms with Gasteiger partial charge in [0.25, 0.3) is 0 Å². The van der Waals surface area contributed by atoms with E-state index in [4.69, 9.17) is 33.5 Å². The zero-order chi connectivity index (χ0) is 10.8. The maximum absolute atomic E-state index is 5.90. The van der Waals surface area contributed by atoms with Gasteiger partial charge in [0.1, 0.15) is 0 Å². The molecular formula is C10H8Cl2N2O. The minimum Gasteiger partial charge on any atom is -0.356 e. The Balaban J connectivity index is 2.50. The highest BCUT2D eigenvalue weighted by atomic mass is 35.5. The van der Waals surface area contributed by atoms with Crippen molar-refractivity contribution in [1.82, 2.24) is 5.16 Å². The van der Waals surface area contributed by atoms with Gasteiger partial charge in [-0.3, -0.25) is 0 Å². The van der Waals surface area contributed by atoms with Crippen molar-refractivity contribution in [3.05, 3.63) is 40.0 Å². The summed E-state index contributed by atoms with van der Waals surface area (Å²) in [5.74, 6) is 0.635. The van der Waals surface area contributed by atoms with E-state index in [1.165, 1.54) is 0 Å². The maximum Gasteiger partial charge on any atom is 0.171 e. The zero-order valence-electron chi connectivity index (χ0n) is 7.71. The average Bonchev–Trinajstić information content (AvgIpc) is 2.70. The number of nitrogens with zero attached hydrogens (tertiary/aromatic N) is 1. The predicted molar refractivity (Wildman–Crippen MR) is 59.9 cm³/mol. The van der Waals surface area contributed by atoms with Gasteiger partial charge in [-0.1, -0.05) is 28.4 Å². The number of hydrogen-bond donors (Lipinski definition) is 1. The van der Waals surface area contributed by atoms with Gasteiger partial charge in [-0.05, 0) is 18.2 Å². The summed E-state index contributed by atoms with van der Waals surface area (Å²) in [6, 6.07) is 5.25. The van der Waals surface area contributed by atoms with E-state index in [2.05, 4.69) is 5.16 Å². The Hall–Kier alpha value is -1.03. The highest BCUT2D eigenvalue weighted by Crippen LogP contribution is 2.30. The molecule has 0 aliphatic rings. The fraction of sp³-hybridized carbons (Fsp3) is 0.100. The fourth-order valence-corrected chi connectivity index (χ4v) is 1.58. The van der Waals surface area contributed by atoms with Crippen molar-refractivity contribution in [3.8, 4) is 11.3 Å². The number of nitrogens with two attached hydrogens (primary N) is 1. The van der Waals surface area contributed by atoms with Crippen LogP contribution in [0.15, 0.2) is 28.9 Å². The summed E-state index contributed by atoms with van der Waals surface area (Å²) < 4.78 is 5.10. The molecule has 0 saturated carbocycles. The highest BCUT2D eigenvalue weighted by Gasteiger charge is 2.10. The molecule has 1 aromatic heterocycles. The van der Waals surface area contributed by atoms with Gasteiger partial charge in [0.15, 0.2) is 5.76 Å². The van der Waals surface area contributed by atoms with E-state index in [9.17, 15) is 0 Å². The van der Waals surface area contributed by atoms with Gasteiger partial charge in [0.05, 0.1) is 16.2 Å². The molecule has 1 heterocycles. The first-order valence-electron chi connectivity index (χ1n) is 4.31. The molecule has 0 unspecified atom stereocenters. The molecule has 0 radical (unpaired) electrons. The number of halogens is 2. The van der Waals surface area contributed by atoms with Crippen LogP contribution in [-0.4, -0.2) is 5.16 Å². The lowest BCUT2D eigenvalue weighted by atomic mass is 10.1. The lowest BCUT2D eigenvalue weighted by Gasteiger charge is -2.00. The first-order chi connectivity index (χ1) is 7.22. The van der Waals surface area contributed by atoms with Crippen LogP contribution in [0.5, 0.6) is 0 Å². The number of hydrogen-bond acceptors (Lipinski definition) is 3. The van der Waals surface area contributed by atoms with Crippen molar-refractivity contribution in [2.45, 2.75) is 6.54 Å². The van der Waals surface area contributed by atoms with Gasteiger partial charge in [-0.2, -0.15) is 0 Å². The lowest BCUT2D eigenvalue weighted by molar-refractivity contribution is 0.431. The van der Waals surface area contributed by atoms with Crippen molar-refractivity contribution in [2.24, 2.45) is 5.73 Å². The third-order valence-electron chi connectivity index (χ3n) is 2.05. The first-order valence-corrected chi connectivity index (χ1v) is 5.07. The van der Waals surface area contributed by atoms with Crippen LogP contribution in [0, 0.1) is 0 Å². The van der Waals surface area contributed by atoms with Crippen molar-refractivity contribution in [3.63, 3.8) is 0 Å². The fourth-order valence-electron chi connectivity index (χ4n) is 1.28. The molecule has 0 bridgehead atoms. The van der Waals surface area contributed by atoms with Crippen LogP contribution in [-0.2, 0) is 6.54 Å². The Labute approximate surface area is 96.8 Å². The van der Waals surface area contributed by atoms with E-state index >= 15 is 0 Å². The predicted octanol–water partition coefficient (Wildman–Crippen LogP) is 3.11. The standard InChI is InChI=1S/C10H8Cl2N2O/c11-8-2-1-6(3-9(8)12)10-7(4-13)5-14-15-10/h1-3,5H,4,13H2. The maximum atomic E-state index is 5.90. The third kappa shape index (κ3) is 2.00.